The van der Waals surface area contributed by atoms with Gasteiger partial charge in [-0.2, -0.15) is 0 Å². The lowest BCUT2D eigenvalue weighted by Gasteiger charge is -2.11. The molecule has 0 bridgehead atoms. The summed E-state index contributed by atoms with van der Waals surface area (Å²) in [4.78, 5) is 11.4. The highest BCUT2D eigenvalue weighted by Crippen LogP contribution is 2.03. The van der Waals surface area contributed by atoms with Gasteiger partial charge >= 0.3 is 5.97 Å². The average molecular weight is 395 g/mol. The van der Waals surface area contributed by atoms with Gasteiger partial charge in [0.25, 0.3) is 0 Å². The number of esters is 1. The van der Waals surface area contributed by atoms with E-state index >= 15 is 0 Å². The van der Waals surface area contributed by atoms with Gasteiger partial charge in [0.1, 0.15) is 6.10 Å². The zero-order chi connectivity index (χ0) is 20.7. The van der Waals surface area contributed by atoms with Crippen LogP contribution in [0.25, 0.3) is 0 Å². The second-order valence-electron chi connectivity index (χ2n) is 6.53. The monoisotopic (exact) mass is 394 g/mol. The Morgan fingerprint density at radius 1 is 0.679 bits per heavy atom. The predicted octanol–water partition coefficient (Wildman–Crippen LogP) is 4.00. The molecule has 0 aliphatic carbocycles. The van der Waals surface area contributed by atoms with Crippen molar-refractivity contribution in [2.24, 2.45) is 0 Å². The number of allylic oxidation sites excluding steroid dienone is 8. The average Bonchev–Trinajstić information content (AvgIpc) is 2.71. The van der Waals surface area contributed by atoms with E-state index in [-0.39, 0.29) is 19.2 Å². The number of ether oxygens (including phenoxy) is 1. The summed E-state index contributed by atoms with van der Waals surface area (Å²) >= 11 is 0. The van der Waals surface area contributed by atoms with Gasteiger partial charge < -0.3 is 20.1 Å². The van der Waals surface area contributed by atoms with Crippen molar-refractivity contribution in [3.63, 3.8) is 0 Å². The van der Waals surface area contributed by atoms with Gasteiger partial charge in [0, 0.05) is 13.0 Å². The maximum absolute atomic E-state index is 11.4. The third-order valence-electron chi connectivity index (χ3n) is 3.97. The molecule has 0 rings (SSSR count). The SMILES string of the molecule is O=C(CCC/C=C\C/C=C\C/C=C\C/C=C\CCCCCO)OC(CO)CO. The normalized spacial score (nSPS) is 12.4. The second-order valence-corrected chi connectivity index (χ2v) is 6.53. The summed E-state index contributed by atoms with van der Waals surface area (Å²) < 4.78 is 4.89. The molecule has 0 aromatic rings. The topological polar surface area (TPSA) is 87.0 Å². The summed E-state index contributed by atoms with van der Waals surface area (Å²) in [6.07, 6.45) is 25.1. The van der Waals surface area contributed by atoms with Crippen molar-refractivity contribution in [1.29, 1.82) is 0 Å². The lowest BCUT2D eigenvalue weighted by molar-refractivity contribution is -0.153. The van der Waals surface area contributed by atoms with Gasteiger partial charge in [-0.3, -0.25) is 4.79 Å². The first kappa shape index (κ1) is 26.3. The van der Waals surface area contributed by atoms with E-state index in [1.807, 2.05) is 6.08 Å². The molecule has 0 spiro atoms. The summed E-state index contributed by atoms with van der Waals surface area (Å²) in [5.41, 5.74) is 0. The summed E-state index contributed by atoms with van der Waals surface area (Å²) in [6, 6.07) is 0. The van der Waals surface area contributed by atoms with Crippen molar-refractivity contribution in [2.45, 2.75) is 70.3 Å². The number of carbonyl (C=O) groups excluding carboxylic acids is 1. The van der Waals surface area contributed by atoms with Crippen molar-refractivity contribution in [2.75, 3.05) is 19.8 Å². The van der Waals surface area contributed by atoms with Crippen LogP contribution in [0.2, 0.25) is 0 Å². The first-order valence-electron chi connectivity index (χ1n) is 10.4. The van der Waals surface area contributed by atoms with Gasteiger partial charge in [-0.1, -0.05) is 55.0 Å². The molecule has 0 saturated heterocycles. The van der Waals surface area contributed by atoms with E-state index in [1.165, 1.54) is 0 Å². The van der Waals surface area contributed by atoms with Crippen LogP contribution >= 0.6 is 0 Å². The van der Waals surface area contributed by atoms with Crippen LogP contribution in [-0.4, -0.2) is 47.2 Å². The Balaban J connectivity index is 3.53. The van der Waals surface area contributed by atoms with E-state index in [9.17, 15) is 4.79 Å². The molecule has 5 heteroatoms. The molecule has 3 N–H and O–H groups in total. The summed E-state index contributed by atoms with van der Waals surface area (Å²) in [5, 5.41) is 26.4. The third-order valence-corrected chi connectivity index (χ3v) is 3.97. The van der Waals surface area contributed by atoms with E-state index in [4.69, 9.17) is 20.1 Å². The van der Waals surface area contributed by atoms with Crippen LogP contribution in [-0.2, 0) is 9.53 Å². The molecule has 0 heterocycles. The second kappa shape index (κ2) is 21.6. The fourth-order valence-corrected chi connectivity index (χ4v) is 2.34. The van der Waals surface area contributed by atoms with E-state index in [0.29, 0.717) is 19.4 Å². The quantitative estimate of drug-likeness (QED) is 0.186. The van der Waals surface area contributed by atoms with E-state index in [2.05, 4.69) is 42.5 Å². The fraction of sp³-hybridized carbons (Fsp3) is 0.609. The van der Waals surface area contributed by atoms with Gasteiger partial charge in [0.15, 0.2) is 0 Å². The molecule has 0 aromatic heterocycles. The first-order chi connectivity index (χ1) is 13.7. The molecule has 0 amide bonds. The molecule has 0 fully saturated rings. The summed E-state index contributed by atoms with van der Waals surface area (Å²) in [5.74, 6) is -0.385. The fourth-order valence-electron chi connectivity index (χ4n) is 2.34. The minimum Gasteiger partial charge on any atom is -0.457 e. The Morgan fingerprint density at radius 2 is 1.18 bits per heavy atom. The molecular weight excluding hydrogens is 356 g/mol. The Bertz CT molecular complexity index is 462. The first-order valence-corrected chi connectivity index (χ1v) is 10.4. The van der Waals surface area contributed by atoms with Crippen LogP contribution in [0.5, 0.6) is 0 Å². The Hall–Kier alpha value is -1.69. The number of aliphatic hydroxyl groups excluding tert-OH is 3. The number of rotatable bonds is 18. The van der Waals surface area contributed by atoms with Crippen molar-refractivity contribution < 1.29 is 24.9 Å². The predicted molar refractivity (Wildman–Crippen MR) is 114 cm³/mol. The highest BCUT2D eigenvalue weighted by Gasteiger charge is 2.11. The molecule has 0 aromatic carbocycles. The summed E-state index contributed by atoms with van der Waals surface area (Å²) in [7, 11) is 0. The lowest BCUT2D eigenvalue weighted by atomic mass is 10.2. The van der Waals surface area contributed by atoms with Crippen LogP contribution < -0.4 is 0 Å². The maximum atomic E-state index is 11.4. The number of hydrogen-bond acceptors (Lipinski definition) is 5. The minimum atomic E-state index is -0.805. The molecule has 0 aliphatic heterocycles. The van der Waals surface area contributed by atoms with E-state index < -0.39 is 6.10 Å². The van der Waals surface area contributed by atoms with Crippen LogP contribution in [0.3, 0.4) is 0 Å². The van der Waals surface area contributed by atoms with Crippen molar-refractivity contribution in [3.8, 4) is 0 Å². The molecule has 5 nitrogen and oxygen atoms in total. The number of unbranched alkanes of at least 4 members (excludes halogenated alkanes) is 4. The van der Waals surface area contributed by atoms with Crippen molar-refractivity contribution in [1.82, 2.24) is 0 Å². The zero-order valence-corrected chi connectivity index (χ0v) is 17.0. The molecule has 0 atom stereocenters. The number of aliphatic hydroxyl groups is 3. The Kier molecular flexibility index (Phi) is 20.3. The van der Waals surface area contributed by atoms with Crippen molar-refractivity contribution in [3.05, 3.63) is 48.6 Å². The largest absolute Gasteiger partial charge is 0.457 e. The molecule has 28 heavy (non-hydrogen) atoms. The lowest BCUT2D eigenvalue weighted by Crippen LogP contribution is -2.25. The molecule has 160 valence electrons. The standard InChI is InChI=1S/C23H38O5/c24-19-17-15-13-11-9-7-5-3-1-2-4-6-8-10-12-14-16-18-23(27)28-22(20-25)21-26/h1,3-4,6-7,9-10,12,22,24-26H,2,5,8,11,13-21H2/b3-1-,6-4-,9-7-,12-10-. The molecular formula is C23H38O5. The number of hydrogen-bond donors (Lipinski definition) is 3. The van der Waals surface area contributed by atoms with Gasteiger partial charge in [-0.25, -0.2) is 0 Å². The maximum Gasteiger partial charge on any atom is 0.306 e. The minimum absolute atomic E-state index is 0.290. The molecule has 0 unspecified atom stereocenters. The molecule has 0 radical (unpaired) electrons. The Labute approximate surface area is 170 Å². The van der Waals surface area contributed by atoms with Gasteiger partial charge in [0.05, 0.1) is 13.2 Å². The zero-order valence-electron chi connectivity index (χ0n) is 17.0. The number of carbonyl (C=O) groups is 1. The highest BCUT2D eigenvalue weighted by molar-refractivity contribution is 5.69. The smallest absolute Gasteiger partial charge is 0.306 e. The van der Waals surface area contributed by atoms with Gasteiger partial charge in [0.2, 0.25) is 0 Å². The third kappa shape index (κ3) is 19.1. The highest BCUT2D eigenvalue weighted by atomic mass is 16.6. The molecule has 0 saturated carbocycles. The molecule has 0 aliphatic rings. The van der Waals surface area contributed by atoms with E-state index in [1.54, 1.807) is 0 Å². The van der Waals surface area contributed by atoms with Gasteiger partial charge in [-0.15, -0.1) is 0 Å². The van der Waals surface area contributed by atoms with E-state index in [0.717, 1.165) is 51.4 Å². The van der Waals surface area contributed by atoms with Crippen LogP contribution in [0.1, 0.15) is 64.2 Å². The van der Waals surface area contributed by atoms with Crippen LogP contribution in [0.15, 0.2) is 48.6 Å². The van der Waals surface area contributed by atoms with Crippen LogP contribution in [0.4, 0.5) is 0 Å². The summed E-state index contributed by atoms with van der Waals surface area (Å²) in [6.45, 7) is -0.413. The Morgan fingerprint density at radius 3 is 1.68 bits per heavy atom. The van der Waals surface area contributed by atoms with Crippen molar-refractivity contribution >= 4 is 5.97 Å². The van der Waals surface area contributed by atoms with Gasteiger partial charge in [-0.05, 0) is 51.4 Å². The van der Waals surface area contributed by atoms with Crippen LogP contribution in [0, 0.1) is 0 Å².